The summed E-state index contributed by atoms with van der Waals surface area (Å²) in [5.41, 5.74) is 0. The van der Waals surface area contributed by atoms with Crippen molar-refractivity contribution >= 4 is 29.4 Å². The molecule has 3 saturated heterocycles. The summed E-state index contributed by atoms with van der Waals surface area (Å²) in [5, 5.41) is 0. The van der Waals surface area contributed by atoms with Gasteiger partial charge in [0.05, 0.1) is 13.2 Å². The Morgan fingerprint density at radius 3 is 2.57 bits per heavy atom. The van der Waals surface area contributed by atoms with Crippen molar-refractivity contribution in [2.24, 2.45) is 5.92 Å². The summed E-state index contributed by atoms with van der Waals surface area (Å²) in [5.74, 6) is 6.27. The van der Waals surface area contributed by atoms with Crippen molar-refractivity contribution in [2.75, 3.05) is 62.4 Å². The number of ether oxygens (including phenoxy) is 1. The van der Waals surface area contributed by atoms with Gasteiger partial charge in [0, 0.05) is 55.1 Å². The molecule has 3 aliphatic rings. The number of nitrogens with zero attached hydrogens (tertiary/aromatic N) is 2. The Kier molecular flexibility index (Phi) is 7.42. The molecule has 0 N–H and O–H groups in total. The predicted octanol–water partition coefficient (Wildman–Crippen LogP) is 2.19. The fraction of sp³-hybridized carbons (Fsp3) is 0.941. The van der Waals surface area contributed by atoms with Crippen LogP contribution in [0.4, 0.5) is 0 Å². The molecular weight excluding hydrogens is 328 g/mol. The first-order chi connectivity index (χ1) is 11.3. The lowest BCUT2D eigenvalue weighted by atomic mass is 9.92. The highest BCUT2D eigenvalue weighted by Crippen LogP contribution is 2.27. The van der Waals surface area contributed by atoms with Crippen LogP contribution < -0.4 is 0 Å². The third-order valence-electron chi connectivity index (χ3n) is 5.19. The summed E-state index contributed by atoms with van der Waals surface area (Å²) in [4.78, 5) is 17.0. The van der Waals surface area contributed by atoms with Crippen LogP contribution in [0.15, 0.2) is 0 Å². The van der Waals surface area contributed by atoms with E-state index < -0.39 is 0 Å². The molecule has 0 aromatic heterocycles. The van der Waals surface area contributed by atoms with Crippen LogP contribution in [-0.4, -0.2) is 84.2 Å². The predicted molar refractivity (Wildman–Crippen MR) is 99.4 cm³/mol. The van der Waals surface area contributed by atoms with Crippen molar-refractivity contribution in [2.45, 2.75) is 31.7 Å². The van der Waals surface area contributed by atoms with Gasteiger partial charge in [-0.25, -0.2) is 0 Å². The third kappa shape index (κ3) is 5.55. The smallest absolute Gasteiger partial charge is 0.222 e. The molecule has 1 atom stereocenters. The number of thioether (sulfide) groups is 2. The summed E-state index contributed by atoms with van der Waals surface area (Å²) in [7, 11) is 0. The zero-order valence-corrected chi connectivity index (χ0v) is 15.7. The second-order valence-corrected chi connectivity index (χ2v) is 9.14. The van der Waals surface area contributed by atoms with Crippen LogP contribution in [0.2, 0.25) is 0 Å². The van der Waals surface area contributed by atoms with E-state index in [9.17, 15) is 4.79 Å². The second-order valence-electron chi connectivity index (χ2n) is 6.84. The number of carbonyl (C=O) groups is 1. The van der Waals surface area contributed by atoms with Gasteiger partial charge < -0.3 is 9.64 Å². The molecule has 3 heterocycles. The van der Waals surface area contributed by atoms with Gasteiger partial charge in [-0.3, -0.25) is 9.69 Å². The molecule has 0 saturated carbocycles. The number of amides is 1. The van der Waals surface area contributed by atoms with Gasteiger partial charge in [-0.05, 0) is 31.7 Å². The molecule has 6 heteroatoms. The molecule has 3 fully saturated rings. The van der Waals surface area contributed by atoms with Crippen molar-refractivity contribution in [3.63, 3.8) is 0 Å². The van der Waals surface area contributed by atoms with Crippen molar-refractivity contribution < 1.29 is 9.53 Å². The molecule has 4 nitrogen and oxygen atoms in total. The van der Waals surface area contributed by atoms with E-state index in [0.29, 0.717) is 25.0 Å². The molecule has 3 aliphatic heterocycles. The van der Waals surface area contributed by atoms with E-state index in [1.165, 1.54) is 48.9 Å². The quantitative estimate of drug-likeness (QED) is 0.769. The highest BCUT2D eigenvalue weighted by molar-refractivity contribution is 8.03. The lowest BCUT2D eigenvalue weighted by molar-refractivity contribution is -0.135. The number of rotatable bonds is 4. The Hall–Kier alpha value is 0.0900. The first-order valence-electron chi connectivity index (χ1n) is 9.08. The van der Waals surface area contributed by atoms with Crippen LogP contribution in [-0.2, 0) is 9.53 Å². The summed E-state index contributed by atoms with van der Waals surface area (Å²) in [6.07, 6.45) is 4.41. The fourth-order valence-corrected chi connectivity index (χ4v) is 6.41. The molecule has 0 spiro atoms. The molecule has 23 heavy (non-hydrogen) atoms. The highest BCUT2D eigenvalue weighted by Gasteiger charge is 2.27. The van der Waals surface area contributed by atoms with Crippen LogP contribution in [0.25, 0.3) is 0 Å². The molecule has 132 valence electrons. The van der Waals surface area contributed by atoms with E-state index in [1.807, 2.05) is 4.90 Å². The largest absolute Gasteiger partial charge is 0.378 e. The molecular formula is C17H30N2O2S2. The Morgan fingerprint density at radius 1 is 1.09 bits per heavy atom. The van der Waals surface area contributed by atoms with Gasteiger partial charge in [0.2, 0.25) is 5.91 Å². The van der Waals surface area contributed by atoms with E-state index in [4.69, 9.17) is 4.74 Å². The van der Waals surface area contributed by atoms with Crippen molar-refractivity contribution in [3.8, 4) is 0 Å². The van der Waals surface area contributed by atoms with Crippen LogP contribution in [0.3, 0.4) is 0 Å². The number of hydrogen-bond acceptors (Lipinski definition) is 5. The molecule has 0 radical (unpaired) electrons. The van der Waals surface area contributed by atoms with Gasteiger partial charge in [-0.15, -0.1) is 0 Å². The molecule has 0 aromatic carbocycles. The molecule has 1 unspecified atom stereocenters. The van der Waals surface area contributed by atoms with Gasteiger partial charge in [0.25, 0.3) is 0 Å². The van der Waals surface area contributed by atoms with E-state index in [0.717, 1.165) is 32.0 Å². The number of carbonyl (C=O) groups excluding carboxylic acids is 1. The molecule has 3 rings (SSSR count). The number of piperidine rings is 1. The van der Waals surface area contributed by atoms with Crippen LogP contribution >= 0.6 is 23.5 Å². The number of morpholine rings is 1. The Balaban J connectivity index is 1.42. The first kappa shape index (κ1) is 17.9. The minimum Gasteiger partial charge on any atom is -0.378 e. The maximum atomic E-state index is 12.3. The molecule has 0 bridgehead atoms. The SMILES string of the molecule is O=C(CCC1CCCN(C2CSCCSC2)C1)N1CCOCC1. The van der Waals surface area contributed by atoms with Gasteiger partial charge in [-0.2, -0.15) is 23.5 Å². The molecule has 1 amide bonds. The standard InChI is InChI=1S/C17H30N2O2S2/c20-17(18-6-8-21-9-7-18)4-3-15-2-1-5-19(12-15)16-13-22-10-11-23-14-16/h15-16H,1-14H2. The number of hydrogen-bond donors (Lipinski definition) is 0. The topological polar surface area (TPSA) is 32.8 Å². The summed E-state index contributed by atoms with van der Waals surface area (Å²) in [6.45, 7) is 5.46. The minimum atomic E-state index is 0.339. The van der Waals surface area contributed by atoms with Crippen molar-refractivity contribution in [3.05, 3.63) is 0 Å². The van der Waals surface area contributed by atoms with E-state index in [2.05, 4.69) is 28.4 Å². The fourth-order valence-electron chi connectivity index (χ4n) is 3.78. The molecule has 0 aliphatic carbocycles. The Bertz CT molecular complexity index is 370. The lowest BCUT2D eigenvalue weighted by Gasteiger charge is -2.38. The first-order valence-corrected chi connectivity index (χ1v) is 11.4. The van der Waals surface area contributed by atoms with Gasteiger partial charge in [0.15, 0.2) is 0 Å². The van der Waals surface area contributed by atoms with E-state index in [-0.39, 0.29) is 0 Å². The van der Waals surface area contributed by atoms with Crippen LogP contribution in [0.1, 0.15) is 25.7 Å². The zero-order valence-electron chi connectivity index (χ0n) is 14.1. The maximum Gasteiger partial charge on any atom is 0.222 e. The van der Waals surface area contributed by atoms with Crippen LogP contribution in [0.5, 0.6) is 0 Å². The van der Waals surface area contributed by atoms with Crippen molar-refractivity contribution in [1.82, 2.24) is 9.80 Å². The zero-order chi connectivity index (χ0) is 15.9. The van der Waals surface area contributed by atoms with Gasteiger partial charge >= 0.3 is 0 Å². The second kappa shape index (κ2) is 9.54. The van der Waals surface area contributed by atoms with E-state index >= 15 is 0 Å². The number of likely N-dealkylation sites (tertiary alicyclic amines) is 1. The van der Waals surface area contributed by atoms with Gasteiger partial charge in [-0.1, -0.05) is 0 Å². The minimum absolute atomic E-state index is 0.339. The summed E-state index contributed by atoms with van der Waals surface area (Å²) >= 11 is 4.24. The highest BCUT2D eigenvalue weighted by atomic mass is 32.2. The van der Waals surface area contributed by atoms with E-state index in [1.54, 1.807) is 0 Å². The van der Waals surface area contributed by atoms with Crippen molar-refractivity contribution in [1.29, 1.82) is 0 Å². The average Bonchev–Trinajstić information content (AvgIpc) is 2.90. The average molecular weight is 359 g/mol. The van der Waals surface area contributed by atoms with Gasteiger partial charge in [0.1, 0.15) is 0 Å². The summed E-state index contributed by atoms with van der Waals surface area (Å²) in [6, 6.07) is 0.755. The lowest BCUT2D eigenvalue weighted by Crippen LogP contribution is -2.45. The maximum absolute atomic E-state index is 12.3. The summed E-state index contributed by atoms with van der Waals surface area (Å²) < 4.78 is 5.33. The Morgan fingerprint density at radius 2 is 1.83 bits per heavy atom. The normalized spacial score (nSPS) is 28.5. The molecule has 0 aromatic rings. The van der Waals surface area contributed by atoms with Crippen LogP contribution in [0, 0.1) is 5.92 Å². The monoisotopic (exact) mass is 358 g/mol. The Labute approximate surface area is 149 Å². The third-order valence-corrected chi connectivity index (χ3v) is 7.67.